The van der Waals surface area contributed by atoms with Gasteiger partial charge in [-0.2, -0.15) is 9.61 Å². The Hall–Kier alpha value is -4.33. The topological polar surface area (TPSA) is 98.2 Å². The Morgan fingerprint density at radius 3 is 2.48 bits per heavy atom. The van der Waals surface area contributed by atoms with Crippen LogP contribution in [-0.2, 0) is 0 Å². The quantitative estimate of drug-likeness (QED) is 0.509. The van der Waals surface area contributed by atoms with E-state index in [0.29, 0.717) is 17.2 Å². The third kappa shape index (κ3) is 3.23. The highest BCUT2D eigenvalue weighted by atomic mass is 16.3. The maximum Gasteiger partial charge on any atom is 0.291 e. The Morgan fingerprint density at radius 2 is 1.72 bits per heavy atom. The fraction of sp³-hybridized carbons (Fsp3) is 0. The van der Waals surface area contributed by atoms with Crippen LogP contribution in [0.25, 0.3) is 28.3 Å². The molecule has 140 valence electrons. The van der Waals surface area contributed by atoms with Crippen LogP contribution in [0.3, 0.4) is 0 Å². The molecule has 0 aliphatic rings. The Morgan fingerprint density at radius 1 is 0.897 bits per heavy atom. The molecule has 1 aromatic carbocycles. The van der Waals surface area contributed by atoms with Crippen LogP contribution in [0, 0.1) is 0 Å². The largest absolute Gasteiger partial charge is 0.459 e. The van der Waals surface area contributed by atoms with E-state index in [-0.39, 0.29) is 11.7 Å². The molecule has 4 heterocycles. The van der Waals surface area contributed by atoms with Crippen LogP contribution in [0.1, 0.15) is 10.6 Å². The highest BCUT2D eigenvalue weighted by molar-refractivity contribution is 6.02. The summed E-state index contributed by atoms with van der Waals surface area (Å²) in [7, 11) is 0. The zero-order valence-electron chi connectivity index (χ0n) is 15.1. The number of hydrogen-bond acceptors (Lipinski definition) is 6. The molecule has 0 unspecified atom stereocenters. The number of carbonyl (C=O) groups excluding carboxylic acids is 1. The maximum atomic E-state index is 12.1. The predicted molar refractivity (Wildman–Crippen MR) is 106 cm³/mol. The van der Waals surface area contributed by atoms with E-state index in [0.717, 1.165) is 16.8 Å². The van der Waals surface area contributed by atoms with Gasteiger partial charge in [0, 0.05) is 29.2 Å². The number of hydrogen-bond donors (Lipinski definition) is 1. The maximum absolute atomic E-state index is 12.1. The van der Waals surface area contributed by atoms with Crippen molar-refractivity contribution >= 4 is 17.2 Å². The monoisotopic (exact) mass is 382 g/mol. The lowest BCUT2D eigenvalue weighted by Crippen LogP contribution is -2.10. The number of fused-ring (bicyclic) bond motifs is 1. The molecule has 8 nitrogen and oxygen atoms in total. The van der Waals surface area contributed by atoms with Crippen LogP contribution in [0.4, 0.5) is 5.69 Å². The lowest BCUT2D eigenvalue weighted by atomic mass is 10.1. The number of aromatic nitrogens is 5. The van der Waals surface area contributed by atoms with Crippen molar-refractivity contribution in [2.45, 2.75) is 0 Å². The molecule has 0 spiro atoms. The second-order valence-electron chi connectivity index (χ2n) is 6.26. The molecule has 0 aliphatic heterocycles. The lowest BCUT2D eigenvalue weighted by molar-refractivity contribution is 0.0996. The van der Waals surface area contributed by atoms with Crippen molar-refractivity contribution in [1.82, 2.24) is 24.8 Å². The van der Waals surface area contributed by atoms with Crippen molar-refractivity contribution < 1.29 is 9.21 Å². The molecule has 5 rings (SSSR count). The molecular formula is C21H14N6O2. The summed E-state index contributed by atoms with van der Waals surface area (Å²) in [5, 5.41) is 15.9. The van der Waals surface area contributed by atoms with Gasteiger partial charge in [-0.15, -0.1) is 10.2 Å². The van der Waals surface area contributed by atoms with Crippen LogP contribution in [0.5, 0.6) is 0 Å². The first-order valence-electron chi connectivity index (χ1n) is 8.86. The number of benzene rings is 1. The summed E-state index contributed by atoms with van der Waals surface area (Å²) in [6, 6.07) is 18.2. The second kappa shape index (κ2) is 7.01. The number of pyridine rings is 1. The number of carbonyl (C=O) groups is 1. The van der Waals surface area contributed by atoms with Gasteiger partial charge in [0.05, 0.1) is 12.0 Å². The Balaban J connectivity index is 1.44. The summed E-state index contributed by atoms with van der Waals surface area (Å²) in [5.41, 5.74) is 3.86. The van der Waals surface area contributed by atoms with E-state index < -0.39 is 0 Å². The van der Waals surface area contributed by atoms with Gasteiger partial charge in [-0.1, -0.05) is 12.1 Å². The first kappa shape index (κ1) is 16.8. The summed E-state index contributed by atoms with van der Waals surface area (Å²) in [6.45, 7) is 0. The van der Waals surface area contributed by atoms with Crippen molar-refractivity contribution in [3.05, 3.63) is 85.1 Å². The molecule has 4 aromatic heterocycles. The highest BCUT2D eigenvalue weighted by Crippen LogP contribution is 2.22. The van der Waals surface area contributed by atoms with Gasteiger partial charge in [0.2, 0.25) is 0 Å². The van der Waals surface area contributed by atoms with Gasteiger partial charge >= 0.3 is 0 Å². The molecule has 1 amide bonds. The van der Waals surface area contributed by atoms with E-state index in [4.69, 9.17) is 4.42 Å². The van der Waals surface area contributed by atoms with Gasteiger partial charge in [0.1, 0.15) is 0 Å². The van der Waals surface area contributed by atoms with E-state index >= 15 is 0 Å². The number of anilines is 1. The number of nitrogens with one attached hydrogen (secondary N) is 1. The van der Waals surface area contributed by atoms with Crippen LogP contribution in [0.2, 0.25) is 0 Å². The first-order valence-corrected chi connectivity index (χ1v) is 8.86. The minimum atomic E-state index is -0.297. The molecular weight excluding hydrogens is 368 g/mol. The van der Waals surface area contributed by atoms with Crippen molar-refractivity contribution in [1.29, 1.82) is 0 Å². The van der Waals surface area contributed by atoms with Crippen LogP contribution in [0.15, 0.2) is 83.7 Å². The third-order valence-corrected chi connectivity index (χ3v) is 4.38. The number of furan rings is 1. The van der Waals surface area contributed by atoms with Crippen molar-refractivity contribution in [3.8, 4) is 22.6 Å². The van der Waals surface area contributed by atoms with Gasteiger partial charge in [0.15, 0.2) is 17.2 Å². The van der Waals surface area contributed by atoms with Gasteiger partial charge in [-0.25, -0.2) is 0 Å². The zero-order valence-corrected chi connectivity index (χ0v) is 15.1. The van der Waals surface area contributed by atoms with Crippen LogP contribution < -0.4 is 5.32 Å². The summed E-state index contributed by atoms with van der Waals surface area (Å²) >= 11 is 0. The lowest BCUT2D eigenvalue weighted by Gasteiger charge is -2.06. The zero-order chi connectivity index (χ0) is 19.6. The smallest absolute Gasteiger partial charge is 0.291 e. The van der Waals surface area contributed by atoms with Gasteiger partial charge in [0.25, 0.3) is 5.91 Å². The fourth-order valence-electron chi connectivity index (χ4n) is 2.95. The summed E-state index contributed by atoms with van der Waals surface area (Å²) < 4.78 is 6.81. The molecule has 0 bridgehead atoms. The van der Waals surface area contributed by atoms with E-state index in [1.165, 1.54) is 6.26 Å². The van der Waals surface area contributed by atoms with Crippen molar-refractivity contribution in [3.63, 3.8) is 0 Å². The molecule has 0 saturated heterocycles. The van der Waals surface area contributed by atoms with E-state index in [1.54, 1.807) is 29.0 Å². The molecule has 5 aromatic rings. The van der Waals surface area contributed by atoms with Crippen molar-refractivity contribution in [2.24, 2.45) is 0 Å². The number of rotatable bonds is 4. The Bertz CT molecular complexity index is 1280. The molecule has 29 heavy (non-hydrogen) atoms. The molecule has 1 N–H and O–H groups in total. The minimum absolute atomic E-state index is 0.262. The molecule has 0 radical (unpaired) electrons. The normalized spacial score (nSPS) is 10.9. The van der Waals surface area contributed by atoms with Crippen LogP contribution >= 0.6 is 0 Å². The highest BCUT2D eigenvalue weighted by Gasteiger charge is 2.12. The average molecular weight is 382 g/mol. The summed E-state index contributed by atoms with van der Waals surface area (Å²) in [6.07, 6.45) is 4.87. The molecule has 0 saturated carbocycles. The average Bonchev–Trinajstić information content (AvgIpc) is 3.45. The van der Waals surface area contributed by atoms with Crippen molar-refractivity contribution in [2.75, 3.05) is 5.32 Å². The van der Waals surface area contributed by atoms with Crippen LogP contribution in [-0.4, -0.2) is 30.7 Å². The van der Waals surface area contributed by atoms with E-state index in [9.17, 15) is 4.79 Å². The number of nitrogens with zero attached hydrogens (tertiary/aromatic N) is 5. The molecule has 0 aliphatic carbocycles. The minimum Gasteiger partial charge on any atom is -0.459 e. The molecule has 0 atom stereocenters. The summed E-state index contributed by atoms with van der Waals surface area (Å²) in [4.78, 5) is 16.1. The Labute approximate surface area is 164 Å². The van der Waals surface area contributed by atoms with E-state index in [1.807, 2.05) is 48.5 Å². The molecule has 0 fully saturated rings. The summed E-state index contributed by atoms with van der Waals surface area (Å²) in [5.74, 6) is 0.609. The first-order chi connectivity index (χ1) is 14.3. The number of amides is 1. The predicted octanol–water partition coefficient (Wildman–Crippen LogP) is 3.70. The second-order valence-corrected chi connectivity index (χ2v) is 6.26. The van der Waals surface area contributed by atoms with Gasteiger partial charge in [-0.05, 0) is 48.5 Å². The third-order valence-electron chi connectivity index (χ3n) is 4.38. The SMILES string of the molecule is O=C(Nc1ccc(-c2ccc3nnc(-c4ccncc4)n3n2)cc1)c1ccco1. The standard InChI is InChI=1S/C21H14N6O2/c28-21(18-2-1-13-29-18)23-16-5-3-14(4-6-16)17-7-8-19-24-25-20(27(19)26-17)15-9-11-22-12-10-15/h1-13H,(H,23,28). The molecule has 8 heteroatoms. The van der Waals surface area contributed by atoms with E-state index in [2.05, 4.69) is 25.6 Å². The van der Waals surface area contributed by atoms with Gasteiger partial charge in [-0.3, -0.25) is 9.78 Å². The Kier molecular flexibility index (Phi) is 4.06. The fourth-order valence-corrected chi connectivity index (χ4v) is 2.95. The van der Waals surface area contributed by atoms with Gasteiger partial charge < -0.3 is 9.73 Å².